The van der Waals surface area contributed by atoms with Gasteiger partial charge in [0.25, 0.3) is 5.91 Å². The second-order valence-electron chi connectivity index (χ2n) is 4.48. The molecule has 1 aliphatic rings. The quantitative estimate of drug-likeness (QED) is 0.923. The van der Waals surface area contributed by atoms with E-state index in [2.05, 4.69) is 16.4 Å². The van der Waals surface area contributed by atoms with E-state index in [0.717, 1.165) is 35.9 Å². The smallest absolute Gasteiger partial charge is 0.259 e. The molecule has 0 saturated carbocycles. The van der Waals surface area contributed by atoms with Gasteiger partial charge in [0.1, 0.15) is 11.1 Å². The molecule has 0 aromatic carbocycles. The zero-order chi connectivity index (χ0) is 14.1. The number of thiophene rings is 1. The maximum atomic E-state index is 13.5. The molecule has 20 heavy (non-hydrogen) atoms. The predicted molar refractivity (Wildman–Crippen MR) is 73.2 cm³/mol. The fourth-order valence-corrected chi connectivity index (χ4v) is 3.58. The third kappa shape index (κ3) is 2.06. The molecule has 0 bridgehead atoms. The highest BCUT2D eigenvalue weighted by atomic mass is 32.1. The van der Waals surface area contributed by atoms with Crippen LogP contribution >= 0.6 is 11.3 Å². The fourth-order valence-electron chi connectivity index (χ4n) is 2.34. The van der Waals surface area contributed by atoms with Gasteiger partial charge in [0, 0.05) is 11.1 Å². The van der Waals surface area contributed by atoms with Crippen LogP contribution in [0.1, 0.15) is 32.8 Å². The van der Waals surface area contributed by atoms with Crippen molar-refractivity contribution >= 4 is 22.2 Å². The van der Waals surface area contributed by atoms with Crippen LogP contribution in [0, 0.1) is 17.1 Å². The average Bonchev–Trinajstić information content (AvgIpc) is 2.99. The monoisotopic (exact) mass is 287 g/mol. The number of aromatic nitrogens is 1. The van der Waals surface area contributed by atoms with Crippen LogP contribution in [-0.4, -0.2) is 10.9 Å². The van der Waals surface area contributed by atoms with Gasteiger partial charge in [0.15, 0.2) is 5.82 Å². The van der Waals surface area contributed by atoms with Crippen LogP contribution in [0.25, 0.3) is 0 Å². The Morgan fingerprint density at radius 1 is 1.50 bits per heavy atom. The molecule has 0 spiro atoms. The molecule has 0 unspecified atom stereocenters. The van der Waals surface area contributed by atoms with Crippen LogP contribution in [0.5, 0.6) is 0 Å². The molecule has 4 nitrogen and oxygen atoms in total. The van der Waals surface area contributed by atoms with Crippen molar-refractivity contribution in [2.45, 2.75) is 19.3 Å². The van der Waals surface area contributed by atoms with E-state index in [1.54, 1.807) is 0 Å². The fraction of sp³-hybridized carbons (Fsp3) is 0.214. The summed E-state index contributed by atoms with van der Waals surface area (Å²) in [6, 6.07) is 3.45. The van der Waals surface area contributed by atoms with Crippen molar-refractivity contribution in [3.63, 3.8) is 0 Å². The van der Waals surface area contributed by atoms with E-state index in [1.807, 2.05) is 0 Å². The molecular weight excluding hydrogens is 277 g/mol. The van der Waals surface area contributed by atoms with Gasteiger partial charge in [-0.25, -0.2) is 4.39 Å². The van der Waals surface area contributed by atoms with E-state index >= 15 is 0 Å². The normalized spacial score (nSPS) is 12.8. The molecule has 0 atom stereocenters. The van der Waals surface area contributed by atoms with Gasteiger partial charge in [0.2, 0.25) is 0 Å². The molecule has 1 amide bonds. The minimum atomic E-state index is -0.674. The summed E-state index contributed by atoms with van der Waals surface area (Å²) in [7, 11) is 0. The number of halogens is 1. The van der Waals surface area contributed by atoms with E-state index in [1.165, 1.54) is 23.6 Å². The van der Waals surface area contributed by atoms with Crippen molar-refractivity contribution in [3.05, 3.63) is 45.8 Å². The zero-order valence-corrected chi connectivity index (χ0v) is 11.3. The van der Waals surface area contributed by atoms with E-state index < -0.39 is 11.7 Å². The number of pyridine rings is 1. The summed E-state index contributed by atoms with van der Waals surface area (Å²) < 4.78 is 13.5. The summed E-state index contributed by atoms with van der Waals surface area (Å²) in [6.45, 7) is 0. The zero-order valence-electron chi connectivity index (χ0n) is 10.4. The Labute approximate surface area is 118 Å². The third-order valence-corrected chi connectivity index (χ3v) is 4.48. The molecule has 3 rings (SSSR count). The van der Waals surface area contributed by atoms with E-state index in [4.69, 9.17) is 0 Å². The molecule has 100 valence electrons. The van der Waals surface area contributed by atoms with Gasteiger partial charge in [-0.2, -0.15) is 5.26 Å². The summed E-state index contributed by atoms with van der Waals surface area (Å²) >= 11 is 1.41. The highest BCUT2D eigenvalue weighted by Gasteiger charge is 2.23. The predicted octanol–water partition coefficient (Wildman–Crippen LogP) is 2.89. The van der Waals surface area contributed by atoms with Gasteiger partial charge in [0.05, 0.1) is 17.3 Å². The van der Waals surface area contributed by atoms with Crippen LogP contribution in [-0.2, 0) is 12.8 Å². The Balaban J connectivity index is 1.91. The first-order valence-corrected chi connectivity index (χ1v) is 6.98. The van der Waals surface area contributed by atoms with Crippen molar-refractivity contribution in [1.82, 2.24) is 4.98 Å². The summed E-state index contributed by atoms with van der Waals surface area (Å²) in [5.41, 5.74) is 1.48. The topological polar surface area (TPSA) is 65.8 Å². The Morgan fingerprint density at radius 2 is 2.35 bits per heavy atom. The van der Waals surface area contributed by atoms with Crippen molar-refractivity contribution in [2.24, 2.45) is 0 Å². The number of fused-ring (bicyclic) bond motifs is 1. The Bertz CT molecular complexity index is 733. The summed E-state index contributed by atoms with van der Waals surface area (Å²) in [5.74, 6) is -1.23. The van der Waals surface area contributed by atoms with Crippen molar-refractivity contribution in [3.8, 4) is 6.07 Å². The lowest BCUT2D eigenvalue weighted by Gasteiger charge is -2.04. The first-order valence-electron chi connectivity index (χ1n) is 6.16. The number of hydrogen-bond donors (Lipinski definition) is 1. The summed E-state index contributed by atoms with van der Waals surface area (Å²) in [4.78, 5) is 16.8. The molecule has 2 heterocycles. The van der Waals surface area contributed by atoms with Crippen molar-refractivity contribution in [2.75, 3.05) is 5.32 Å². The van der Waals surface area contributed by atoms with E-state index in [0.29, 0.717) is 10.6 Å². The van der Waals surface area contributed by atoms with Gasteiger partial charge < -0.3 is 5.32 Å². The standard InChI is InChI=1S/C14H10FN3OS/c15-11-7-17-5-4-9(11)13(19)18-14-10(6-16)8-2-1-3-12(8)20-14/h4-5,7H,1-3H2,(H,18,19). The van der Waals surface area contributed by atoms with Crippen LogP contribution in [0.3, 0.4) is 0 Å². The molecule has 0 saturated heterocycles. The lowest BCUT2D eigenvalue weighted by molar-refractivity contribution is 0.102. The minimum Gasteiger partial charge on any atom is -0.312 e. The second-order valence-corrected chi connectivity index (χ2v) is 5.59. The minimum absolute atomic E-state index is 0.0718. The van der Waals surface area contributed by atoms with Crippen LogP contribution in [0.15, 0.2) is 18.5 Å². The number of rotatable bonds is 2. The van der Waals surface area contributed by atoms with E-state index in [-0.39, 0.29) is 5.56 Å². The number of amides is 1. The molecule has 1 aliphatic carbocycles. The average molecular weight is 287 g/mol. The molecule has 0 radical (unpaired) electrons. The Hall–Kier alpha value is -2.26. The molecule has 0 fully saturated rings. The lowest BCUT2D eigenvalue weighted by Crippen LogP contribution is -2.13. The number of carbonyl (C=O) groups excluding carboxylic acids is 1. The van der Waals surface area contributed by atoms with Crippen molar-refractivity contribution in [1.29, 1.82) is 5.26 Å². The number of carbonyl (C=O) groups is 1. The van der Waals surface area contributed by atoms with Gasteiger partial charge in [-0.1, -0.05) is 0 Å². The summed E-state index contributed by atoms with van der Waals surface area (Å²) in [6.07, 6.45) is 5.21. The number of nitrogens with zero attached hydrogens (tertiary/aromatic N) is 2. The molecule has 2 aromatic heterocycles. The first kappa shape index (κ1) is 12.8. The van der Waals surface area contributed by atoms with Crippen LogP contribution in [0.2, 0.25) is 0 Å². The first-order chi connectivity index (χ1) is 9.70. The second kappa shape index (κ2) is 5.02. The third-order valence-electron chi connectivity index (χ3n) is 3.28. The molecule has 1 N–H and O–H groups in total. The molecule has 6 heteroatoms. The van der Waals surface area contributed by atoms with Gasteiger partial charge in [-0.15, -0.1) is 11.3 Å². The summed E-state index contributed by atoms with van der Waals surface area (Å²) in [5, 5.41) is 12.4. The van der Waals surface area contributed by atoms with Crippen molar-refractivity contribution < 1.29 is 9.18 Å². The largest absolute Gasteiger partial charge is 0.312 e. The maximum Gasteiger partial charge on any atom is 0.259 e. The van der Waals surface area contributed by atoms with Gasteiger partial charge in [-0.05, 0) is 30.9 Å². The Kier molecular flexibility index (Phi) is 3.20. The number of nitriles is 1. The number of hydrogen-bond acceptors (Lipinski definition) is 4. The van der Waals surface area contributed by atoms with Crippen LogP contribution < -0.4 is 5.32 Å². The van der Waals surface area contributed by atoms with Gasteiger partial charge >= 0.3 is 0 Å². The number of aryl methyl sites for hydroxylation is 1. The number of anilines is 1. The Morgan fingerprint density at radius 3 is 3.10 bits per heavy atom. The molecule has 2 aromatic rings. The van der Waals surface area contributed by atoms with Crippen LogP contribution in [0.4, 0.5) is 9.39 Å². The molecule has 0 aliphatic heterocycles. The SMILES string of the molecule is N#Cc1c(NC(=O)c2ccncc2F)sc2c1CCC2. The highest BCUT2D eigenvalue weighted by molar-refractivity contribution is 7.16. The van der Waals surface area contributed by atoms with Gasteiger partial charge in [-0.3, -0.25) is 9.78 Å². The van der Waals surface area contributed by atoms with E-state index in [9.17, 15) is 14.4 Å². The lowest BCUT2D eigenvalue weighted by atomic mass is 10.1. The maximum absolute atomic E-state index is 13.5. The highest BCUT2D eigenvalue weighted by Crippen LogP contribution is 2.38. The number of nitrogens with one attached hydrogen (secondary N) is 1. The molecular formula is C14H10FN3OS.